The van der Waals surface area contributed by atoms with Crippen LogP contribution in [0.25, 0.3) is 33.3 Å². The molecule has 6 saturated heterocycles. The van der Waals surface area contributed by atoms with Crippen molar-refractivity contribution < 1.29 is 42.3 Å². The van der Waals surface area contributed by atoms with E-state index in [2.05, 4.69) is 140 Å². The third kappa shape index (κ3) is 15.2. The van der Waals surface area contributed by atoms with E-state index in [1.165, 1.54) is 106 Å². The van der Waals surface area contributed by atoms with Crippen molar-refractivity contribution in [2.24, 2.45) is 11.8 Å². The largest absolute Gasteiger partial charge is 0.490 e. The molecule has 6 fully saturated rings. The number of halogens is 3. The van der Waals surface area contributed by atoms with Gasteiger partial charge in [0.2, 0.25) is 0 Å². The lowest BCUT2D eigenvalue weighted by Gasteiger charge is -2.42. The number of nitrogens with one attached hydrogen (secondary N) is 1. The fourth-order valence-corrected chi connectivity index (χ4v) is 12.0. The van der Waals surface area contributed by atoms with Crippen LogP contribution in [0.3, 0.4) is 0 Å². The molecule has 22 nitrogen and oxygen atoms in total. The van der Waals surface area contributed by atoms with E-state index in [-0.39, 0.29) is 29.3 Å². The fraction of sp³-hybridized carbons (Fsp3) is 0.422. The highest BCUT2D eigenvalue weighted by atomic mass is 19.4. The van der Waals surface area contributed by atoms with Crippen LogP contribution in [0.15, 0.2) is 122 Å². The number of hydrogen-bond donors (Lipinski definition) is 2. The predicted octanol–water partition coefficient (Wildman–Crippen LogP) is 8.91. The minimum absolute atomic E-state index is 0.00534. The standard InChI is InChI=1S/C28H33N7O.C23H29N5.C11H9N3O4.C2HF3O2/c1-2-31-10-8-24(19-31)22-3-5-23(6-4-22)25-15-27-26(7-9-30-35(27)20-25)32-11-13-33(14-12-32)28(36)34-17-21(16-29)18-34;1-2-26-12-8-20(16-26)18-3-5-19(6-4-18)21-15-23-22(7-9-25-28(23)17-21)27-13-10-24-11-14-27;12-5-8-6-13(7-8)11(15)18-10-3-1-9(2-4-10)14(16)17;3-2(4,5)1(6)7/h3-7,9,15,20-21,24H,2,8,10-14,17-19H2,1H3;3-7,9,15,17,20,24H,2,8,10-14,16H2,1H3;1-4,8H,6-7H2;(H,6,7). The Morgan fingerprint density at radius 1 is 0.629 bits per heavy atom. The van der Waals surface area contributed by atoms with Crippen LogP contribution >= 0.6 is 0 Å². The second-order valence-corrected chi connectivity index (χ2v) is 22.9. The number of rotatable bonds is 10. The van der Waals surface area contributed by atoms with Crippen LogP contribution in [-0.4, -0.2) is 196 Å². The van der Waals surface area contributed by atoms with E-state index < -0.39 is 23.2 Å². The molecule has 7 aromatic rings. The van der Waals surface area contributed by atoms with Crippen LogP contribution < -0.4 is 19.9 Å². The summed E-state index contributed by atoms with van der Waals surface area (Å²) >= 11 is 0. The molecule has 2 unspecified atom stereocenters. The van der Waals surface area contributed by atoms with Crippen molar-refractivity contribution in [1.29, 1.82) is 10.5 Å². The summed E-state index contributed by atoms with van der Waals surface area (Å²) in [5, 5.41) is 47.6. The number of likely N-dealkylation sites (tertiary alicyclic amines) is 4. The van der Waals surface area contributed by atoms with Gasteiger partial charge in [0.05, 0.1) is 51.3 Å². The second-order valence-electron chi connectivity index (χ2n) is 22.9. The van der Waals surface area contributed by atoms with Crippen LogP contribution in [0.5, 0.6) is 5.75 Å². The first-order valence-corrected chi connectivity index (χ1v) is 30.1. The van der Waals surface area contributed by atoms with Gasteiger partial charge in [0.1, 0.15) is 5.75 Å². The van der Waals surface area contributed by atoms with Crippen molar-refractivity contribution in [3.63, 3.8) is 0 Å². The van der Waals surface area contributed by atoms with Crippen molar-refractivity contribution in [3.05, 3.63) is 143 Å². The molecule has 466 valence electrons. The normalized spacial score (nSPS) is 18.9. The van der Waals surface area contributed by atoms with E-state index in [9.17, 15) is 32.9 Å². The van der Waals surface area contributed by atoms with Gasteiger partial charge in [-0.2, -0.15) is 33.9 Å². The number of nitro benzene ring substituents is 1. The van der Waals surface area contributed by atoms with Crippen molar-refractivity contribution >= 4 is 46.2 Å². The number of carboxylic acid groups (broad SMARTS) is 1. The number of non-ortho nitro benzene ring substituents is 1. The molecule has 0 saturated carbocycles. The first-order valence-electron chi connectivity index (χ1n) is 30.1. The molecule has 6 aliphatic heterocycles. The summed E-state index contributed by atoms with van der Waals surface area (Å²) < 4.78 is 40.7. The Balaban J connectivity index is 0.000000146. The molecule has 0 bridgehead atoms. The molecular formula is C64H72F3N15O7. The number of carboxylic acids is 1. The van der Waals surface area contributed by atoms with E-state index in [4.69, 9.17) is 25.2 Å². The molecule has 3 aromatic carbocycles. The number of anilines is 2. The number of likely N-dealkylation sites (N-methyl/N-ethyl adjacent to an activating group) is 2. The lowest BCUT2D eigenvalue weighted by Crippen LogP contribution is -2.58. The average molecular weight is 1220 g/mol. The Kier molecular flexibility index (Phi) is 19.9. The third-order valence-corrected chi connectivity index (χ3v) is 17.3. The van der Waals surface area contributed by atoms with E-state index >= 15 is 0 Å². The van der Waals surface area contributed by atoms with Gasteiger partial charge in [-0.25, -0.2) is 23.4 Å². The Morgan fingerprint density at radius 2 is 1.08 bits per heavy atom. The van der Waals surface area contributed by atoms with Gasteiger partial charge in [-0.1, -0.05) is 62.4 Å². The van der Waals surface area contributed by atoms with E-state index in [0.29, 0.717) is 51.1 Å². The van der Waals surface area contributed by atoms with Gasteiger partial charge in [0.15, 0.2) is 0 Å². The molecule has 25 heteroatoms. The van der Waals surface area contributed by atoms with Crippen molar-refractivity contribution in [2.75, 3.05) is 128 Å². The van der Waals surface area contributed by atoms with Crippen LogP contribution in [0, 0.1) is 44.6 Å². The number of aliphatic carboxylic acids is 1. The van der Waals surface area contributed by atoms with Crippen molar-refractivity contribution in [1.82, 2.24) is 49.0 Å². The van der Waals surface area contributed by atoms with E-state index in [0.717, 1.165) is 70.1 Å². The number of hydrogen-bond acceptors (Lipinski definition) is 15. The van der Waals surface area contributed by atoms with E-state index in [1.807, 2.05) is 32.4 Å². The highest BCUT2D eigenvalue weighted by Gasteiger charge is 2.39. The lowest BCUT2D eigenvalue weighted by molar-refractivity contribution is -0.384. The summed E-state index contributed by atoms with van der Waals surface area (Å²) in [4.78, 5) is 58.0. The summed E-state index contributed by atoms with van der Waals surface area (Å²) in [5.74, 6) is -1.33. The summed E-state index contributed by atoms with van der Waals surface area (Å²) in [6.07, 6.45) is 4.93. The van der Waals surface area contributed by atoms with Gasteiger partial charge in [-0.15, -0.1) is 0 Å². The topological polar surface area (TPSA) is 241 Å². The Labute approximate surface area is 513 Å². The van der Waals surface area contributed by atoms with Gasteiger partial charge in [-0.3, -0.25) is 10.1 Å². The molecule has 0 aliphatic carbocycles. The number of urea groups is 1. The quantitative estimate of drug-likeness (QED) is 0.0959. The van der Waals surface area contributed by atoms with Crippen LogP contribution in [-0.2, 0) is 4.79 Å². The number of benzene rings is 3. The monoisotopic (exact) mass is 1220 g/mol. The SMILES string of the molecule is CCN1CCC(c2ccc(-c3cc4c(N5CCN(C(=O)N6CC(C#N)C6)CC5)ccnn4c3)cc2)C1.CCN1CCC(c2ccc(-c3cc4c(N5CCNCC5)ccnn4c3)cc2)C1.N#CC1CN(C(=O)Oc2ccc([N+](=O)[O-])cc2)C1.O=C(O)C(F)(F)F. The Hall–Kier alpha value is -9.30. The number of alkyl halides is 3. The zero-order chi connectivity index (χ0) is 62.8. The summed E-state index contributed by atoms with van der Waals surface area (Å²) in [7, 11) is 0. The number of nitrogens with zero attached hydrogens (tertiary/aromatic N) is 14. The minimum Gasteiger partial charge on any atom is -0.475 e. The molecule has 0 radical (unpaired) electrons. The molecule has 3 amide bonds. The number of carbonyl (C=O) groups excluding carboxylic acids is 2. The molecule has 2 N–H and O–H groups in total. The number of amides is 3. The summed E-state index contributed by atoms with van der Waals surface area (Å²) in [5.41, 5.74) is 12.4. The number of carbonyl (C=O) groups is 3. The summed E-state index contributed by atoms with van der Waals surface area (Å²) in [6.45, 7) is 20.6. The average Bonchev–Trinajstić information content (AvgIpc) is 2.63. The second kappa shape index (κ2) is 28.2. The predicted molar refractivity (Wildman–Crippen MR) is 329 cm³/mol. The molecule has 10 heterocycles. The van der Waals surface area contributed by atoms with Crippen LogP contribution in [0.1, 0.15) is 49.7 Å². The van der Waals surface area contributed by atoms with Gasteiger partial charge >= 0.3 is 24.3 Å². The Morgan fingerprint density at radius 3 is 1.49 bits per heavy atom. The van der Waals surface area contributed by atoms with Crippen molar-refractivity contribution in [3.8, 4) is 40.1 Å². The fourth-order valence-electron chi connectivity index (χ4n) is 12.0. The van der Waals surface area contributed by atoms with Gasteiger partial charge in [0.25, 0.3) is 5.69 Å². The van der Waals surface area contributed by atoms with Crippen molar-refractivity contribution in [2.45, 2.75) is 44.7 Å². The van der Waals surface area contributed by atoms with Crippen LogP contribution in [0.4, 0.5) is 39.8 Å². The molecule has 6 aliphatic rings. The van der Waals surface area contributed by atoms with Gasteiger partial charge in [-0.05, 0) is 110 Å². The highest BCUT2D eigenvalue weighted by molar-refractivity contribution is 5.82. The van der Waals surface area contributed by atoms with Gasteiger partial charge < -0.3 is 49.5 Å². The Bertz CT molecular complexity index is 3670. The lowest BCUT2D eigenvalue weighted by atomic mass is 9.96. The molecule has 89 heavy (non-hydrogen) atoms. The molecular weight excluding hydrogens is 1150 g/mol. The molecule has 0 spiro atoms. The number of piperazine rings is 2. The molecule has 2 atom stereocenters. The smallest absolute Gasteiger partial charge is 0.475 e. The maximum Gasteiger partial charge on any atom is 0.490 e. The molecule has 4 aromatic heterocycles. The van der Waals surface area contributed by atoms with Gasteiger partial charge in [0, 0.05) is 140 Å². The molecule has 13 rings (SSSR count). The summed E-state index contributed by atoms with van der Waals surface area (Å²) in [6, 6.07) is 36.6. The zero-order valence-corrected chi connectivity index (χ0v) is 49.8. The first kappa shape index (κ1) is 62.7. The number of ether oxygens (including phenoxy) is 1. The van der Waals surface area contributed by atoms with E-state index in [1.54, 1.807) is 4.90 Å². The highest BCUT2D eigenvalue weighted by Crippen LogP contribution is 2.35. The minimum atomic E-state index is -5.08. The number of nitro groups is 1. The number of nitriles is 2. The number of aromatic nitrogens is 4. The number of fused-ring (bicyclic) bond motifs is 2. The maximum absolute atomic E-state index is 12.7. The zero-order valence-electron chi connectivity index (χ0n) is 49.8. The van der Waals surface area contributed by atoms with Crippen LogP contribution in [0.2, 0.25) is 0 Å². The first-order chi connectivity index (χ1) is 43.0. The third-order valence-electron chi connectivity index (χ3n) is 17.3. The maximum atomic E-state index is 12.7.